The van der Waals surface area contributed by atoms with Crippen LogP contribution in [0.15, 0.2) is 16.6 Å². The normalized spacial score (nSPS) is 15.1. The van der Waals surface area contributed by atoms with Crippen LogP contribution in [0, 0.1) is 0 Å². The molecule has 1 aromatic carbocycles. The quantitative estimate of drug-likeness (QED) is 0.687. The van der Waals surface area contributed by atoms with E-state index in [1.807, 2.05) is 12.1 Å². The summed E-state index contributed by atoms with van der Waals surface area (Å²) in [6, 6.07) is 3.90. The van der Waals surface area contributed by atoms with Crippen LogP contribution in [0.1, 0.15) is 30.5 Å². The maximum atomic E-state index is 6.65. The highest BCUT2D eigenvalue weighted by Crippen LogP contribution is 2.39. The monoisotopic (exact) mass is 339 g/mol. The number of hydrogen-bond donors (Lipinski definition) is 0. The van der Waals surface area contributed by atoms with E-state index in [2.05, 4.69) is 15.9 Å². The average molecular weight is 341 g/mol. The summed E-state index contributed by atoms with van der Waals surface area (Å²) in [6.45, 7) is 0. The predicted molar refractivity (Wildman–Crippen MR) is 82.3 cm³/mol. The Morgan fingerprint density at radius 3 is 2.79 bits per heavy atom. The van der Waals surface area contributed by atoms with Crippen molar-refractivity contribution in [1.82, 2.24) is 4.98 Å². The van der Waals surface area contributed by atoms with Gasteiger partial charge in [-0.2, -0.15) is 0 Å². The smallest absolute Gasteiger partial charge is 0.129 e. The first-order valence-corrected chi connectivity index (χ1v) is 7.73. The molecule has 1 aromatic heterocycles. The van der Waals surface area contributed by atoms with E-state index in [1.165, 1.54) is 24.8 Å². The number of pyridine rings is 1. The SMILES string of the molecule is COc1ccc(Br)c2nc3c(c(Cl)c12)CCCCC3. The van der Waals surface area contributed by atoms with Crippen molar-refractivity contribution in [3.05, 3.63) is 32.9 Å². The molecular formula is C15H15BrClNO. The van der Waals surface area contributed by atoms with Gasteiger partial charge in [0.25, 0.3) is 0 Å². The number of halogens is 2. The number of nitrogens with zero attached hydrogens (tertiary/aromatic N) is 1. The van der Waals surface area contributed by atoms with Gasteiger partial charge in [0.15, 0.2) is 0 Å². The second-order valence-corrected chi connectivity index (χ2v) is 6.12. The van der Waals surface area contributed by atoms with Crippen molar-refractivity contribution in [3.8, 4) is 5.75 Å². The molecule has 1 aliphatic rings. The molecular weight excluding hydrogens is 326 g/mol. The number of hydrogen-bond acceptors (Lipinski definition) is 2. The van der Waals surface area contributed by atoms with Crippen molar-refractivity contribution in [1.29, 1.82) is 0 Å². The molecule has 4 heteroatoms. The van der Waals surface area contributed by atoms with E-state index in [0.717, 1.165) is 44.7 Å². The van der Waals surface area contributed by atoms with E-state index < -0.39 is 0 Å². The Balaban J connectivity index is 2.37. The molecule has 19 heavy (non-hydrogen) atoms. The summed E-state index contributed by atoms with van der Waals surface area (Å²) in [7, 11) is 1.67. The molecule has 0 spiro atoms. The summed E-state index contributed by atoms with van der Waals surface area (Å²) in [6.07, 6.45) is 5.68. The number of rotatable bonds is 1. The van der Waals surface area contributed by atoms with E-state index in [-0.39, 0.29) is 0 Å². The highest BCUT2D eigenvalue weighted by atomic mass is 79.9. The first kappa shape index (κ1) is 13.2. The van der Waals surface area contributed by atoms with Gasteiger partial charge in [0.1, 0.15) is 5.75 Å². The minimum Gasteiger partial charge on any atom is -0.496 e. The molecule has 0 aliphatic heterocycles. The van der Waals surface area contributed by atoms with Gasteiger partial charge in [-0.15, -0.1) is 0 Å². The number of ether oxygens (including phenoxy) is 1. The molecule has 100 valence electrons. The lowest BCUT2D eigenvalue weighted by Crippen LogP contribution is -2.00. The van der Waals surface area contributed by atoms with E-state index in [9.17, 15) is 0 Å². The van der Waals surface area contributed by atoms with Crippen LogP contribution in [0.5, 0.6) is 5.75 Å². The van der Waals surface area contributed by atoms with Crippen LogP contribution < -0.4 is 4.74 Å². The van der Waals surface area contributed by atoms with E-state index in [4.69, 9.17) is 21.3 Å². The minimum absolute atomic E-state index is 0.794. The van der Waals surface area contributed by atoms with Gasteiger partial charge < -0.3 is 4.74 Å². The van der Waals surface area contributed by atoms with Gasteiger partial charge in [-0.3, -0.25) is 4.98 Å². The summed E-state index contributed by atoms with van der Waals surface area (Å²) in [5.74, 6) is 0.794. The third-order valence-electron chi connectivity index (χ3n) is 3.73. The van der Waals surface area contributed by atoms with Crippen molar-refractivity contribution in [3.63, 3.8) is 0 Å². The molecule has 0 N–H and O–H groups in total. The topological polar surface area (TPSA) is 22.1 Å². The molecule has 0 atom stereocenters. The number of methoxy groups -OCH3 is 1. The van der Waals surface area contributed by atoms with E-state index in [0.29, 0.717) is 0 Å². The zero-order valence-electron chi connectivity index (χ0n) is 10.8. The van der Waals surface area contributed by atoms with Crippen molar-refractivity contribution in [2.75, 3.05) is 7.11 Å². The first-order valence-electron chi connectivity index (χ1n) is 6.56. The molecule has 1 aliphatic carbocycles. The molecule has 0 unspecified atom stereocenters. The van der Waals surface area contributed by atoms with E-state index in [1.54, 1.807) is 7.11 Å². The van der Waals surface area contributed by atoms with Crippen LogP contribution in [0.2, 0.25) is 5.02 Å². The molecule has 3 rings (SSSR count). The third kappa shape index (κ3) is 2.23. The summed E-state index contributed by atoms with van der Waals surface area (Å²) in [4.78, 5) is 4.83. The zero-order valence-corrected chi connectivity index (χ0v) is 13.1. The molecule has 0 saturated heterocycles. The van der Waals surface area contributed by atoms with Gasteiger partial charge in [0.05, 0.1) is 23.0 Å². The predicted octanol–water partition coefficient (Wildman–Crippen LogP) is 4.93. The lowest BCUT2D eigenvalue weighted by Gasteiger charge is -2.14. The number of benzene rings is 1. The highest BCUT2D eigenvalue weighted by molar-refractivity contribution is 9.10. The molecule has 0 amide bonds. The Labute approximate surface area is 126 Å². The van der Waals surface area contributed by atoms with Crippen LogP contribution in [0.4, 0.5) is 0 Å². The van der Waals surface area contributed by atoms with Crippen LogP contribution >= 0.6 is 27.5 Å². The third-order valence-corrected chi connectivity index (χ3v) is 4.79. The molecule has 0 bridgehead atoms. The standard InChI is InChI=1S/C15H15BrClNO/c1-19-12-8-7-10(16)15-13(12)14(17)9-5-3-2-4-6-11(9)18-15/h7-8H,2-6H2,1H3. The van der Waals surface area contributed by atoms with Gasteiger partial charge in [-0.1, -0.05) is 18.0 Å². The lowest BCUT2D eigenvalue weighted by molar-refractivity contribution is 0.419. The first-order chi connectivity index (χ1) is 9.22. The minimum atomic E-state index is 0.794. The van der Waals surface area contributed by atoms with Crippen molar-refractivity contribution < 1.29 is 4.74 Å². The Morgan fingerprint density at radius 2 is 2.00 bits per heavy atom. The van der Waals surface area contributed by atoms with Crippen LogP contribution in [-0.4, -0.2) is 12.1 Å². The fraction of sp³-hybridized carbons (Fsp3) is 0.400. The summed E-state index contributed by atoms with van der Waals surface area (Å²) in [5, 5.41) is 1.75. The van der Waals surface area contributed by atoms with Gasteiger partial charge in [-0.25, -0.2) is 0 Å². The maximum absolute atomic E-state index is 6.65. The zero-order chi connectivity index (χ0) is 13.4. The Kier molecular flexibility index (Phi) is 3.68. The number of aromatic nitrogens is 1. The summed E-state index contributed by atoms with van der Waals surface area (Å²) in [5.41, 5.74) is 3.28. The molecule has 0 radical (unpaired) electrons. The van der Waals surface area contributed by atoms with Crippen LogP contribution in [-0.2, 0) is 12.8 Å². The van der Waals surface area contributed by atoms with E-state index >= 15 is 0 Å². The highest BCUT2D eigenvalue weighted by Gasteiger charge is 2.19. The van der Waals surface area contributed by atoms with Gasteiger partial charge >= 0.3 is 0 Å². The van der Waals surface area contributed by atoms with Gasteiger partial charge in [-0.05, 0) is 59.3 Å². The molecule has 0 saturated carbocycles. The average Bonchev–Trinajstić information content (AvgIpc) is 2.66. The fourth-order valence-corrected chi connectivity index (χ4v) is 3.56. The van der Waals surface area contributed by atoms with Gasteiger partial charge in [0, 0.05) is 10.2 Å². The Morgan fingerprint density at radius 1 is 1.21 bits per heavy atom. The number of aryl methyl sites for hydroxylation is 1. The van der Waals surface area contributed by atoms with Crippen LogP contribution in [0.25, 0.3) is 10.9 Å². The molecule has 1 heterocycles. The van der Waals surface area contributed by atoms with Crippen LogP contribution in [0.3, 0.4) is 0 Å². The summed E-state index contributed by atoms with van der Waals surface area (Å²) < 4.78 is 6.41. The second kappa shape index (κ2) is 5.29. The lowest BCUT2D eigenvalue weighted by atomic mass is 10.0. The molecule has 2 aromatic rings. The molecule has 2 nitrogen and oxygen atoms in total. The second-order valence-electron chi connectivity index (χ2n) is 4.88. The largest absolute Gasteiger partial charge is 0.496 e. The Bertz CT molecular complexity index is 642. The van der Waals surface area contributed by atoms with Crippen molar-refractivity contribution in [2.24, 2.45) is 0 Å². The summed E-state index contributed by atoms with van der Waals surface area (Å²) >= 11 is 10.2. The Hall–Kier alpha value is -0.800. The maximum Gasteiger partial charge on any atom is 0.129 e. The van der Waals surface area contributed by atoms with Crippen molar-refractivity contribution >= 4 is 38.4 Å². The van der Waals surface area contributed by atoms with Crippen molar-refractivity contribution in [2.45, 2.75) is 32.1 Å². The fourth-order valence-electron chi connectivity index (χ4n) is 2.75. The number of fused-ring (bicyclic) bond motifs is 2. The molecule has 0 fully saturated rings. The van der Waals surface area contributed by atoms with Gasteiger partial charge in [0.2, 0.25) is 0 Å².